The Bertz CT molecular complexity index is 1830. The van der Waals surface area contributed by atoms with Crippen LogP contribution in [0.2, 0.25) is 5.02 Å². The maximum Gasteiger partial charge on any atom is 0.222 e. The Hall–Kier alpha value is -4.20. The van der Waals surface area contributed by atoms with Gasteiger partial charge in [-0.25, -0.2) is 4.98 Å². The zero-order chi connectivity index (χ0) is 29.4. The second kappa shape index (κ2) is 13.8. The number of rotatable bonds is 12. The molecule has 0 atom stereocenters. The van der Waals surface area contributed by atoms with Crippen LogP contribution in [-0.4, -0.2) is 42.9 Å². The highest BCUT2D eigenvalue weighted by atomic mass is 35.5. The average Bonchev–Trinajstić information content (AvgIpc) is 3.34. The molecule has 1 amide bonds. The number of para-hydroxylation sites is 1. The molecule has 2 heterocycles. The molecule has 0 aliphatic heterocycles. The van der Waals surface area contributed by atoms with E-state index in [1.807, 2.05) is 71.6 Å². The molecule has 6 rings (SSSR count). The first-order chi connectivity index (χ1) is 21.1. The van der Waals surface area contributed by atoms with Crippen LogP contribution in [0.3, 0.4) is 0 Å². The monoisotopic (exact) mass is 605 g/mol. The van der Waals surface area contributed by atoms with E-state index in [0.29, 0.717) is 36.2 Å². The lowest BCUT2D eigenvalue weighted by atomic mass is 10.1. The highest BCUT2D eigenvalue weighted by Crippen LogP contribution is 2.28. The third-order valence-corrected chi connectivity index (χ3v) is 8.59. The number of thioether (sulfide) groups is 1. The van der Waals surface area contributed by atoms with Crippen molar-refractivity contribution < 1.29 is 4.79 Å². The van der Waals surface area contributed by atoms with Crippen LogP contribution < -0.4 is 0 Å². The zero-order valence-corrected chi connectivity index (χ0v) is 25.3. The molecule has 0 saturated heterocycles. The minimum atomic E-state index is 0.163. The van der Waals surface area contributed by atoms with Crippen LogP contribution in [0.5, 0.6) is 0 Å². The van der Waals surface area contributed by atoms with Crippen LogP contribution in [0.1, 0.15) is 29.5 Å². The molecule has 2 aromatic heterocycles. The van der Waals surface area contributed by atoms with Gasteiger partial charge in [0, 0.05) is 42.2 Å². The van der Waals surface area contributed by atoms with Crippen molar-refractivity contribution in [2.75, 3.05) is 12.3 Å². The summed E-state index contributed by atoms with van der Waals surface area (Å²) < 4.78 is 2.17. The molecule has 6 nitrogen and oxygen atoms in total. The molecule has 0 fully saturated rings. The van der Waals surface area contributed by atoms with E-state index in [9.17, 15) is 4.79 Å². The first-order valence-corrected chi connectivity index (χ1v) is 15.8. The van der Waals surface area contributed by atoms with Gasteiger partial charge in [-0.3, -0.25) is 4.79 Å². The van der Waals surface area contributed by atoms with Crippen molar-refractivity contribution in [3.8, 4) is 0 Å². The molecule has 0 saturated carbocycles. The number of hydrogen-bond donors (Lipinski definition) is 0. The number of amides is 1. The van der Waals surface area contributed by atoms with Gasteiger partial charge in [0.25, 0.3) is 0 Å². The van der Waals surface area contributed by atoms with Gasteiger partial charge < -0.3 is 9.47 Å². The van der Waals surface area contributed by atoms with Crippen molar-refractivity contribution in [2.45, 2.75) is 37.5 Å². The highest BCUT2D eigenvalue weighted by molar-refractivity contribution is 7.99. The van der Waals surface area contributed by atoms with Gasteiger partial charge in [-0.2, -0.15) is 0 Å². The first-order valence-electron chi connectivity index (χ1n) is 14.5. The van der Waals surface area contributed by atoms with E-state index in [1.54, 1.807) is 11.8 Å². The lowest BCUT2D eigenvalue weighted by Gasteiger charge is -2.23. The van der Waals surface area contributed by atoms with E-state index in [1.165, 1.54) is 5.56 Å². The van der Waals surface area contributed by atoms with E-state index in [0.717, 1.165) is 51.8 Å². The van der Waals surface area contributed by atoms with Crippen molar-refractivity contribution in [1.29, 1.82) is 0 Å². The number of benzene rings is 4. The molecule has 0 bridgehead atoms. The molecule has 216 valence electrons. The topological polar surface area (TPSA) is 63.9 Å². The summed E-state index contributed by atoms with van der Waals surface area (Å²) in [4.78, 5) is 20.3. The molecule has 8 heteroatoms. The normalized spacial score (nSPS) is 11.3. The Morgan fingerprint density at radius 3 is 2.33 bits per heavy atom. The quantitative estimate of drug-likeness (QED) is 0.105. The lowest BCUT2D eigenvalue weighted by Crippen LogP contribution is -2.32. The Balaban J connectivity index is 1.12. The Labute approximate surface area is 260 Å². The second-order valence-electron chi connectivity index (χ2n) is 10.5. The predicted molar refractivity (Wildman–Crippen MR) is 175 cm³/mol. The SMILES string of the molecule is O=C(CCCSc1nnc2c3ccccc3n(Cc3cccc(Cl)c3)c2n1)N(CCc1ccccc1)Cc1ccccc1. The summed E-state index contributed by atoms with van der Waals surface area (Å²) in [5, 5.41) is 11.4. The maximum absolute atomic E-state index is 13.4. The number of halogens is 1. The Morgan fingerprint density at radius 1 is 0.814 bits per heavy atom. The molecular formula is C35H32ClN5OS. The molecule has 0 N–H and O–H groups in total. The Morgan fingerprint density at radius 2 is 1.53 bits per heavy atom. The lowest BCUT2D eigenvalue weighted by molar-refractivity contribution is -0.131. The summed E-state index contributed by atoms with van der Waals surface area (Å²) in [7, 11) is 0. The minimum absolute atomic E-state index is 0.163. The molecule has 0 spiro atoms. The van der Waals surface area contributed by atoms with E-state index in [4.69, 9.17) is 16.6 Å². The minimum Gasteiger partial charge on any atom is -0.338 e. The van der Waals surface area contributed by atoms with Crippen molar-refractivity contribution in [3.63, 3.8) is 0 Å². The van der Waals surface area contributed by atoms with Crippen LogP contribution in [0.15, 0.2) is 114 Å². The molecule has 0 unspecified atom stereocenters. The molecule has 43 heavy (non-hydrogen) atoms. The summed E-state index contributed by atoms with van der Waals surface area (Å²) in [5.74, 6) is 0.891. The fourth-order valence-corrected chi connectivity index (χ4v) is 6.21. The molecular weight excluding hydrogens is 574 g/mol. The smallest absolute Gasteiger partial charge is 0.222 e. The van der Waals surface area contributed by atoms with E-state index in [2.05, 4.69) is 57.2 Å². The predicted octanol–water partition coefficient (Wildman–Crippen LogP) is 7.83. The number of carbonyl (C=O) groups excluding carboxylic acids is 1. The molecule has 6 aromatic rings. The molecule has 0 aliphatic rings. The highest BCUT2D eigenvalue weighted by Gasteiger charge is 2.17. The van der Waals surface area contributed by atoms with Crippen molar-refractivity contribution >= 4 is 51.3 Å². The first kappa shape index (κ1) is 28.9. The van der Waals surface area contributed by atoms with Crippen LogP contribution in [0, 0.1) is 0 Å². The summed E-state index contributed by atoms with van der Waals surface area (Å²) in [6, 6.07) is 36.6. The maximum atomic E-state index is 13.4. The fourth-order valence-electron chi connectivity index (χ4n) is 5.28. The van der Waals surface area contributed by atoms with Crippen LogP contribution in [0.25, 0.3) is 22.1 Å². The summed E-state index contributed by atoms with van der Waals surface area (Å²) >= 11 is 7.81. The van der Waals surface area contributed by atoms with Crippen LogP contribution >= 0.6 is 23.4 Å². The third kappa shape index (κ3) is 7.24. The fraction of sp³-hybridized carbons (Fsp3) is 0.200. The largest absolute Gasteiger partial charge is 0.338 e. The van der Waals surface area contributed by atoms with Gasteiger partial charge in [0.05, 0.1) is 5.52 Å². The van der Waals surface area contributed by atoms with Crippen LogP contribution in [0.4, 0.5) is 0 Å². The Kier molecular flexibility index (Phi) is 9.31. The zero-order valence-electron chi connectivity index (χ0n) is 23.8. The molecule has 4 aromatic carbocycles. The number of nitrogens with zero attached hydrogens (tertiary/aromatic N) is 5. The van der Waals surface area contributed by atoms with Crippen molar-refractivity contribution in [3.05, 3.63) is 131 Å². The average molecular weight is 606 g/mol. The molecule has 0 aliphatic carbocycles. The summed E-state index contributed by atoms with van der Waals surface area (Å²) in [5.41, 5.74) is 6.10. The standard InChI is InChI=1S/C35H32ClN5OS/c36-29-16-9-15-28(23-29)25-41-31-18-8-7-17-30(31)33-34(41)37-35(39-38-33)43-22-10-19-32(42)40(24-27-13-5-2-6-14-27)21-20-26-11-3-1-4-12-26/h1-9,11-18,23H,10,19-22,24-25H2. The van der Waals surface area contributed by atoms with Crippen molar-refractivity contribution in [2.24, 2.45) is 0 Å². The van der Waals surface area contributed by atoms with E-state index in [-0.39, 0.29) is 5.91 Å². The third-order valence-electron chi connectivity index (χ3n) is 7.43. The number of aromatic nitrogens is 4. The number of hydrogen-bond acceptors (Lipinski definition) is 5. The van der Waals surface area contributed by atoms with Gasteiger partial charge in [0.15, 0.2) is 5.65 Å². The second-order valence-corrected chi connectivity index (χ2v) is 12.0. The van der Waals surface area contributed by atoms with E-state index >= 15 is 0 Å². The summed E-state index contributed by atoms with van der Waals surface area (Å²) in [6.45, 7) is 1.92. The number of carbonyl (C=O) groups is 1. The van der Waals surface area contributed by atoms with Gasteiger partial charge in [-0.1, -0.05) is 114 Å². The van der Waals surface area contributed by atoms with Gasteiger partial charge >= 0.3 is 0 Å². The van der Waals surface area contributed by atoms with Gasteiger partial charge in [-0.15, -0.1) is 10.2 Å². The number of fused-ring (bicyclic) bond motifs is 3. The van der Waals surface area contributed by atoms with Crippen LogP contribution in [-0.2, 0) is 24.3 Å². The van der Waals surface area contributed by atoms with E-state index < -0.39 is 0 Å². The van der Waals surface area contributed by atoms with Gasteiger partial charge in [-0.05, 0) is 47.7 Å². The summed E-state index contributed by atoms with van der Waals surface area (Å²) in [6.07, 6.45) is 2.03. The van der Waals surface area contributed by atoms with Gasteiger partial charge in [0.2, 0.25) is 11.1 Å². The van der Waals surface area contributed by atoms with Gasteiger partial charge in [0.1, 0.15) is 5.52 Å². The molecule has 0 radical (unpaired) electrons. The van der Waals surface area contributed by atoms with Crippen molar-refractivity contribution in [1.82, 2.24) is 24.6 Å².